The van der Waals surface area contributed by atoms with E-state index in [0.29, 0.717) is 30.4 Å². The van der Waals surface area contributed by atoms with E-state index < -0.39 is 11.7 Å². The summed E-state index contributed by atoms with van der Waals surface area (Å²) in [6.45, 7) is 2.97. The molecule has 2 aromatic rings. The van der Waals surface area contributed by atoms with Crippen LogP contribution in [0, 0.1) is 0 Å². The number of hydrazone groups is 1. The molecule has 0 aliphatic carbocycles. The lowest BCUT2D eigenvalue weighted by Crippen LogP contribution is -2.06. The Bertz CT molecular complexity index is 774. The van der Waals surface area contributed by atoms with Gasteiger partial charge in [0.1, 0.15) is 5.82 Å². The largest absolute Gasteiger partial charge is 0.490 e. The van der Waals surface area contributed by atoms with Crippen molar-refractivity contribution in [2.24, 2.45) is 5.10 Å². The van der Waals surface area contributed by atoms with E-state index in [1.165, 1.54) is 6.07 Å². The zero-order valence-electron chi connectivity index (χ0n) is 13.4. The molecule has 8 heteroatoms. The Morgan fingerprint density at radius 3 is 2.56 bits per heavy atom. The maximum atomic E-state index is 12.5. The number of benzene rings is 1. The Balaban J connectivity index is 1.72. The molecule has 1 aliphatic rings. The van der Waals surface area contributed by atoms with Crippen molar-refractivity contribution in [3.05, 3.63) is 47.7 Å². The summed E-state index contributed by atoms with van der Waals surface area (Å²) in [6, 6.07) is 7.66. The van der Waals surface area contributed by atoms with Crippen LogP contribution in [0.15, 0.2) is 41.6 Å². The summed E-state index contributed by atoms with van der Waals surface area (Å²) in [4.78, 5) is 3.71. The Morgan fingerprint density at radius 1 is 1.12 bits per heavy atom. The molecule has 0 saturated carbocycles. The Morgan fingerprint density at radius 2 is 1.88 bits per heavy atom. The standard InChI is InChI=1S/C17H16F3N3O2/c1-11(12-3-5-14-15(9-12)25-8-2-7-24-14)22-23-16-6-4-13(10-21-16)17(18,19)20/h3-6,9-10H,2,7-8H2,1H3,(H,21,23)/b22-11-. The van der Waals surface area contributed by atoms with Gasteiger partial charge in [-0.1, -0.05) is 0 Å². The highest BCUT2D eigenvalue weighted by atomic mass is 19.4. The molecule has 132 valence electrons. The van der Waals surface area contributed by atoms with Crippen molar-refractivity contribution >= 4 is 11.5 Å². The van der Waals surface area contributed by atoms with Crippen molar-refractivity contribution in [3.63, 3.8) is 0 Å². The van der Waals surface area contributed by atoms with Gasteiger partial charge in [-0.05, 0) is 37.3 Å². The predicted octanol–water partition coefficient (Wildman–Crippen LogP) is 4.10. The summed E-state index contributed by atoms with van der Waals surface area (Å²) in [7, 11) is 0. The van der Waals surface area contributed by atoms with Crippen LogP contribution < -0.4 is 14.9 Å². The molecule has 25 heavy (non-hydrogen) atoms. The summed E-state index contributed by atoms with van der Waals surface area (Å²) >= 11 is 0. The van der Waals surface area contributed by atoms with Crippen LogP contribution in [-0.2, 0) is 6.18 Å². The molecular weight excluding hydrogens is 335 g/mol. The van der Waals surface area contributed by atoms with Gasteiger partial charge in [-0.3, -0.25) is 5.43 Å². The summed E-state index contributed by atoms with van der Waals surface area (Å²) in [5.74, 6) is 1.56. The van der Waals surface area contributed by atoms with Gasteiger partial charge >= 0.3 is 6.18 Å². The number of pyridine rings is 1. The summed E-state index contributed by atoms with van der Waals surface area (Å²) in [5, 5.41) is 4.16. The van der Waals surface area contributed by atoms with Gasteiger partial charge < -0.3 is 9.47 Å². The van der Waals surface area contributed by atoms with E-state index in [-0.39, 0.29) is 5.82 Å². The number of ether oxygens (including phenoxy) is 2. The van der Waals surface area contributed by atoms with E-state index >= 15 is 0 Å². The molecule has 0 spiro atoms. The second kappa shape index (κ2) is 7.00. The normalized spacial score (nSPS) is 14.8. The zero-order valence-corrected chi connectivity index (χ0v) is 13.4. The summed E-state index contributed by atoms with van der Waals surface area (Å²) < 4.78 is 48.7. The molecule has 0 atom stereocenters. The Kier molecular flexibility index (Phi) is 4.78. The van der Waals surface area contributed by atoms with Gasteiger partial charge in [0.2, 0.25) is 0 Å². The second-order valence-corrected chi connectivity index (χ2v) is 5.45. The monoisotopic (exact) mass is 351 g/mol. The van der Waals surface area contributed by atoms with E-state index in [1.807, 2.05) is 18.2 Å². The number of anilines is 1. The van der Waals surface area contributed by atoms with Crippen molar-refractivity contribution < 1.29 is 22.6 Å². The first-order valence-electron chi connectivity index (χ1n) is 7.67. The number of nitrogens with one attached hydrogen (secondary N) is 1. The molecule has 0 unspecified atom stereocenters. The summed E-state index contributed by atoms with van der Waals surface area (Å²) in [6.07, 6.45) is -2.83. The van der Waals surface area contributed by atoms with Gasteiger partial charge in [0.15, 0.2) is 11.5 Å². The minimum Gasteiger partial charge on any atom is -0.490 e. The lowest BCUT2D eigenvalue weighted by molar-refractivity contribution is -0.137. The number of rotatable bonds is 3. The third kappa shape index (κ3) is 4.20. The van der Waals surface area contributed by atoms with Gasteiger partial charge in [0, 0.05) is 18.2 Å². The predicted molar refractivity (Wildman–Crippen MR) is 87.1 cm³/mol. The maximum absolute atomic E-state index is 12.5. The third-order valence-corrected chi connectivity index (χ3v) is 3.59. The van der Waals surface area contributed by atoms with Crippen molar-refractivity contribution in [1.82, 2.24) is 4.98 Å². The SMILES string of the molecule is C/C(=N/Nc1ccc(C(F)(F)F)cn1)c1ccc2c(c1)OCCCO2. The van der Waals surface area contributed by atoms with Gasteiger partial charge in [0.25, 0.3) is 0 Å². The van der Waals surface area contributed by atoms with Crippen molar-refractivity contribution in [3.8, 4) is 11.5 Å². The molecule has 0 fully saturated rings. The van der Waals surface area contributed by atoms with Crippen LogP contribution in [0.4, 0.5) is 19.0 Å². The fourth-order valence-corrected chi connectivity index (χ4v) is 2.22. The van der Waals surface area contributed by atoms with E-state index in [2.05, 4.69) is 15.5 Å². The van der Waals surface area contributed by atoms with Crippen LogP contribution in [0.1, 0.15) is 24.5 Å². The van der Waals surface area contributed by atoms with E-state index in [0.717, 1.165) is 24.2 Å². The third-order valence-electron chi connectivity index (χ3n) is 3.59. The Labute approximate surface area is 142 Å². The first kappa shape index (κ1) is 17.1. The highest BCUT2D eigenvalue weighted by Crippen LogP contribution is 2.31. The number of halogens is 3. The first-order chi connectivity index (χ1) is 11.9. The fourth-order valence-electron chi connectivity index (χ4n) is 2.22. The molecule has 2 heterocycles. The highest BCUT2D eigenvalue weighted by Gasteiger charge is 2.30. The van der Waals surface area contributed by atoms with Crippen LogP contribution in [0.3, 0.4) is 0 Å². The molecule has 0 amide bonds. The average Bonchev–Trinajstić information content (AvgIpc) is 2.84. The molecule has 0 saturated heterocycles. The maximum Gasteiger partial charge on any atom is 0.417 e. The molecule has 1 aromatic heterocycles. The van der Waals surface area contributed by atoms with Crippen LogP contribution in [0.25, 0.3) is 0 Å². The number of fused-ring (bicyclic) bond motifs is 1. The molecule has 5 nitrogen and oxygen atoms in total. The number of alkyl halides is 3. The fraction of sp³-hybridized carbons (Fsp3) is 0.294. The minimum atomic E-state index is -4.41. The van der Waals surface area contributed by atoms with Crippen molar-refractivity contribution in [1.29, 1.82) is 0 Å². The van der Waals surface area contributed by atoms with Crippen LogP contribution in [0.5, 0.6) is 11.5 Å². The van der Waals surface area contributed by atoms with Crippen LogP contribution in [0.2, 0.25) is 0 Å². The quantitative estimate of drug-likeness (QED) is 0.668. The number of hydrogen-bond acceptors (Lipinski definition) is 5. The molecular formula is C17H16F3N3O2. The molecule has 1 aliphatic heterocycles. The van der Waals surface area contributed by atoms with Crippen molar-refractivity contribution in [2.45, 2.75) is 19.5 Å². The van der Waals surface area contributed by atoms with Gasteiger partial charge in [-0.2, -0.15) is 18.3 Å². The average molecular weight is 351 g/mol. The van der Waals surface area contributed by atoms with Gasteiger partial charge in [0.05, 0.1) is 24.5 Å². The zero-order chi connectivity index (χ0) is 17.9. The smallest absolute Gasteiger partial charge is 0.417 e. The number of aromatic nitrogens is 1. The highest BCUT2D eigenvalue weighted by molar-refractivity contribution is 5.99. The lowest BCUT2D eigenvalue weighted by Gasteiger charge is -2.10. The Hall–Kier alpha value is -2.77. The van der Waals surface area contributed by atoms with Crippen molar-refractivity contribution in [2.75, 3.05) is 18.6 Å². The molecule has 3 rings (SSSR count). The lowest BCUT2D eigenvalue weighted by atomic mass is 10.1. The number of nitrogens with zero attached hydrogens (tertiary/aromatic N) is 2. The van der Waals surface area contributed by atoms with E-state index in [9.17, 15) is 13.2 Å². The molecule has 0 bridgehead atoms. The van der Waals surface area contributed by atoms with Crippen LogP contribution >= 0.6 is 0 Å². The summed E-state index contributed by atoms with van der Waals surface area (Å²) in [5.41, 5.74) is 3.29. The second-order valence-electron chi connectivity index (χ2n) is 5.45. The van der Waals surface area contributed by atoms with E-state index in [4.69, 9.17) is 9.47 Å². The van der Waals surface area contributed by atoms with Gasteiger partial charge in [-0.15, -0.1) is 0 Å². The number of hydrogen-bond donors (Lipinski definition) is 1. The topological polar surface area (TPSA) is 55.7 Å². The molecule has 1 N–H and O–H groups in total. The molecule has 1 aromatic carbocycles. The van der Waals surface area contributed by atoms with Crippen LogP contribution in [-0.4, -0.2) is 23.9 Å². The minimum absolute atomic E-state index is 0.224. The molecule has 0 radical (unpaired) electrons. The first-order valence-corrected chi connectivity index (χ1v) is 7.67. The van der Waals surface area contributed by atoms with E-state index in [1.54, 1.807) is 6.92 Å². The van der Waals surface area contributed by atoms with Gasteiger partial charge in [-0.25, -0.2) is 4.98 Å².